The topological polar surface area (TPSA) is 50.4 Å². The second kappa shape index (κ2) is 6.06. The monoisotopic (exact) mass is 268 g/mol. The number of piperidine rings is 1. The normalized spacial score (nSPS) is 23.6. The molecule has 4 nitrogen and oxygen atoms in total. The molecule has 1 heterocycles. The van der Waals surface area contributed by atoms with Crippen molar-refractivity contribution in [2.45, 2.75) is 70.7 Å². The average molecular weight is 268 g/mol. The number of nitrogens with one attached hydrogen (secondary N) is 2. The van der Waals surface area contributed by atoms with Crippen molar-refractivity contribution in [3.63, 3.8) is 0 Å². The molecule has 0 spiro atoms. The van der Waals surface area contributed by atoms with Crippen molar-refractivity contribution in [3.8, 4) is 0 Å². The maximum Gasteiger partial charge on any atom is 0.249 e. The Kier molecular flexibility index (Phi) is 5.16. The highest BCUT2D eigenvalue weighted by Gasteiger charge is 2.38. The number of amides is 1. The molecular formula is C15H28N2O2. The van der Waals surface area contributed by atoms with Gasteiger partial charge < -0.3 is 15.4 Å². The molecule has 1 aliphatic heterocycles. The van der Waals surface area contributed by atoms with Gasteiger partial charge in [-0.25, -0.2) is 0 Å². The van der Waals surface area contributed by atoms with E-state index in [1.54, 1.807) is 13.0 Å². The molecule has 0 aromatic carbocycles. The van der Waals surface area contributed by atoms with E-state index in [-0.39, 0.29) is 23.0 Å². The zero-order chi connectivity index (χ0) is 14.7. The summed E-state index contributed by atoms with van der Waals surface area (Å²) in [6.07, 6.45) is 3.08. The highest BCUT2D eigenvalue weighted by atomic mass is 16.5. The summed E-state index contributed by atoms with van der Waals surface area (Å²) < 4.78 is 5.35. The van der Waals surface area contributed by atoms with E-state index >= 15 is 0 Å². The van der Waals surface area contributed by atoms with Gasteiger partial charge in [-0.1, -0.05) is 6.08 Å². The van der Waals surface area contributed by atoms with E-state index in [0.717, 1.165) is 12.8 Å². The van der Waals surface area contributed by atoms with Gasteiger partial charge in [-0.3, -0.25) is 4.79 Å². The van der Waals surface area contributed by atoms with Crippen molar-refractivity contribution in [2.75, 3.05) is 6.61 Å². The molecule has 0 aliphatic carbocycles. The molecule has 2 N–H and O–H groups in total. The molecule has 1 saturated heterocycles. The van der Waals surface area contributed by atoms with Gasteiger partial charge in [-0.15, -0.1) is 6.58 Å². The first-order chi connectivity index (χ1) is 8.65. The summed E-state index contributed by atoms with van der Waals surface area (Å²) in [5.41, 5.74) is 0.0653. The highest BCUT2D eigenvalue weighted by molar-refractivity contribution is 5.80. The van der Waals surface area contributed by atoms with Crippen LogP contribution in [0.5, 0.6) is 0 Å². The maximum absolute atomic E-state index is 12.0. The summed E-state index contributed by atoms with van der Waals surface area (Å²) in [6, 6.07) is 0.188. The van der Waals surface area contributed by atoms with Crippen molar-refractivity contribution >= 4 is 5.91 Å². The van der Waals surface area contributed by atoms with E-state index in [0.29, 0.717) is 6.61 Å². The van der Waals surface area contributed by atoms with E-state index in [1.807, 2.05) is 0 Å². The fourth-order valence-corrected chi connectivity index (χ4v) is 3.03. The largest absolute Gasteiger partial charge is 0.365 e. The van der Waals surface area contributed by atoms with Crippen LogP contribution < -0.4 is 10.6 Å². The Morgan fingerprint density at radius 2 is 1.95 bits per heavy atom. The van der Waals surface area contributed by atoms with E-state index in [9.17, 15) is 4.79 Å². The van der Waals surface area contributed by atoms with E-state index < -0.39 is 6.10 Å². The van der Waals surface area contributed by atoms with E-state index in [1.165, 1.54) is 0 Å². The third-order valence-corrected chi connectivity index (χ3v) is 3.37. The Morgan fingerprint density at radius 1 is 1.42 bits per heavy atom. The lowest BCUT2D eigenvalue weighted by atomic mass is 9.79. The van der Waals surface area contributed by atoms with Gasteiger partial charge in [-0.05, 0) is 47.5 Å². The van der Waals surface area contributed by atoms with Gasteiger partial charge in [0.2, 0.25) is 5.91 Å². The summed E-state index contributed by atoms with van der Waals surface area (Å²) in [7, 11) is 0. The minimum Gasteiger partial charge on any atom is -0.365 e. The second-order valence-corrected chi connectivity index (χ2v) is 6.77. The van der Waals surface area contributed by atoms with Crippen LogP contribution >= 0.6 is 0 Å². The zero-order valence-corrected chi connectivity index (χ0v) is 12.9. The molecule has 1 amide bonds. The molecule has 0 radical (unpaired) electrons. The molecule has 4 heteroatoms. The molecule has 0 aromatic rings. The summed E-state index contributed by atoms with van der Waals surface area (Å²) in [5.74, 6) is -0.0413. The van der Waals surface area contributed by atoms with Crippen LogP contribution in [-0.4, -0.2) is 35.7 Å². The minimum atomic E-state index is -0.431. The molecule has 1 fully saturated rings. The lowest BCUT2D eigenvalue weighted by Gasteiger charge is -2.46. The standard InChI is InChI=1S/C15H28N2O2/c1-7-8-19-11(2)13(18)16-12-9-14(3,4)17-15(5,6)10-12/h7,11-12,17H,1,8-10H2,2-6H3,(H,16,18). The summed E-state index contributed by atoms with van der Waals surface area (Å²) >= 11 is 0. The zero-order valence-electron chi connectivity index (χ0n) is 12.9. The first-order valence-electron chi connectivity index (χ1n) is 6.97. The minimum absolute atomic E-state index is 0.0326. The first-order valence-corrected chi connectivity index (χ1v) is 6.97. The first kappa shape index (κ1) is 16.2. The van der Waals surface area contributed by atoms with Crippen LogP contribution in [0.1, 0.15) is 47.5 Å². The molecule has 1 atom stereocenters. The van der Waals surface area contributed by atoms with Crippen LogP contribution in [0, 0.1) is 0 Å². The van der Waals surface area contributed by atoms with Gasteiger partial charge in [0.15, 0.2) is 0 Å². The fourth-order valence-electron chi connectivity index (χ4n) is 3.03. The predicted molar refractivity (Wildman–Crippen MR) is 78.1 cm³/mol. The number of carbonyl (C=O) groups excluding carboxylic acids is 1. The highest BCUT2D eigenvalue weighted by Crippen LogP contribution is 2.28. The summed E-state index contributed by atoms with van der Waals surface area (Å²) in [5, 5.41) is 6.70. The molecule has 1 rings (SSSR count). The molecule has 19 heavy (non-hydrogen) atoms. The lowest BCUT2D eigenvalue weighted by Crippen LogP contribution is -2.62. The van der Waals surface area contributed by atoms with Gasteiger partial charge in [0, 0.05) is 17.1 Å². The number of hydrogen-bond donors (Lipinski definition) is 2. The number of ether oxygens (including phenoxy) is 1. The smallest absolute Gasteiger partial charge is 0.249 e. The van der Waals surface area contributed by atoms with E-state index in [2.05, 4.69) is 44.9 Å². The number of hydrogen-bond acceptors (Lipinski definition) is 3. The van der Waals surface area contributed by atoms with Crippen LogP contribution in [0.25, 0.3) is 0 Å². The maximum atomic E-state index is 12.0. The van der Waals surface area contributed by atoms with Crippen LogP contribution in [0.2, 0.25) is 0 Å². The predicted octanol–water partition coefficient (Wildman–Crippen LogP) is 2.00. The van der Waals surface area contributed by atoms with Crippen molar-refractivity contribution in [2.24, 2.45) is 0 Å². The van der Waals surface area contributed by atoms with Gasteiger partial charge >= 0.3 is 0 Å². The Labute approximate surface area is 117 Å². The van der Waals surface area contributed by atoms with Gasteiger partial charge in [0.1, 0.15) is 6.10 Å². The molecule has 0 bridgehead atoms. The van der Waals surface area contributed by atoms with E-state index in [4.69, 9.17) is 4.74 Å². The number of rotatable bonds is 5. The van der Waals surface area contributed by atoms with Gasteiger partial charge in [-0.2, -0.15) is 0 Å². The van der Waals surface area contributed by atoms with Crippen LogP contribution in [0.15, 0.2) is 12.7 Å². The molecule has 0 saturated carbocycles. The van der Waals surface area contributed by atoms with Crippen molar-refractivity contribution < 1.29 is 9.53 Å². The van der Waals surface area contributed by atoms with Crippen LogP contribution in [0.3, 0.4) is 0 Å². The molecule has 1 aliphatic rings. The van der Waals surface area contributed by atoms with Crippen molar-refractivity contribution in [1.29, 1.82) is 0 Å². The summed E-state index contributed by atoms with van der Waals surface area (Å²) in [4.78, 5) is 12.0. The van der Waals surface area contributed by atoms with Crippen molar-refractivity contribution in [1.82, 2.24) is 10.6 Å². The third-order valence-electron chi connectivity index (χ3n) is 3.37. The van der Waals surface area contributed by atoms with Gasteiger partial charge in [0.05, 0.1) is 6.61 Å². The average Bonchev–Trinajstić information content (AvgIpc) is 2.20. The van der Waals surface area contributed by atoms with Crippen LogP contribution in [-0.2, 0) is 9.53 Å². The van der Waals surface area contributed by atoms with Crippen molar-refractivity contribution in [3.05, 3.63) is 12.7 Å². The molecule has 0 aromatic heterocycles. The lowest BCUT2D eigenvalue weighted by molar-refractivity contribution is -0.132. The van der Waals surface area contributed by atoms with Gasteiger partial charge in [0.25, 0.3) is 0 Å². The summed E-state index contributed by atoms with van der Waals surface area (Å²) in [6.45, 7) is 14.4. The Balaban J connectivity index is 2.56. The molecule has 110 valence electrons. The number of carbonyl (C=O) groups is 1. The molecular weight excluding hydrogens is 240 g/mol. The Morgan fingerprint density at radius 3 is 2.42 bits per heavy atom. The Bertz CT molecular complexity index is 321. The SMILES string of the molecule is C=CCOC(C)C(=O)NC1CC(C)(C)NC(C)(C)C1. The molecule has 1 unspecified atom stereocenters. The quantitative estimate of drug-likeness (QED) is 0.750. The Hall–Kier alpha value is -0.870. The second-order valence-electron chi connectivity index (χ2n) is 6.77. The fraction of sp³-hybridized carbons (Fsp3) is 0.800. The van der Waals surface area contributed by atoms with Crippen LogP contribution in [0.4, 0.5) is 0 Å². The third kappa shape index (κ3) is 5.33.